The molecule has 2 aromatic rings. The summed E-state index contributed by atoms with van der Waals surface area (Å²) in [5.41, 5.74) is 2.04. The number of ether oxygens (including phenoxy) is 2. The highest BCUT2D eigenvalue weighted by Crippen LogP contribution is 2.24. The van der Waals surface area contributed by atoms with E-state index >= 15 is 0 Å². The molecule has 0 spiro atoms. The fourth-order valence-corrected chi connectivity index (χ4v) is 2.04. The Morgan fingerprint density at radius 1 is 1.22 bits per heavy atom. The van der Waals surface area contributed by atoms with Crippen molar-refractivity contribution in [1.29, 1.82) is 0 Å². The highest BCUT2D eigenvalue weighted by Gasteiger charge is 2.05. The smallest absolute Gasteiger partial charge is 0.127 e. The van der Waals surface area contributed by atoms with Crippen molar-refractivity contribution in [1.82, 2.24) is 14.9 Å². The monoisotopic (exact) mass is 265 g/mol. The van der Waals surface area contributed by atoms with Gasteiger partial charge in [0.1, 0.15) is 11.5 Å². The third-order valence-electron chi connectivity index (χ3n) is 2.52. The number of hydrogen-bond donors (Lipinski definition) is 1. The van der Waals surface area contributed by atoms with Crippen molar-refractivity contribution in [2.24, 2.45) is 0 Å². The minimum absolute atomic E-state index is 0.700. The van der Waals surface area contributed by atoms with Gasteiger partial charge in [0.2, 0.25) is 0 Å². The van der Waals surface area contributed by atoms with Crippen LogP contribution in [-0.2, 0) is 13.1 Å². The Labute approximate surface area is 110 Å². The lowest BCUT2D eigenvalue weighted by Crippen LogP contribution is -2.13. The molecule has 0 atom stereocenters. The van der Waals surface area contributed by atoms with E-state index in [9.17, 15) is 0 Å². The topological polar surface area (TPSA) is 56.3 Å². The molecule has 96 valence electrons. The summed E-state index contributed by atoms with van der Waals surface area (Å²) < 4.78 is 14.3. The molecule has 0 aliphatic carbocycles. The second-order valence-corrected chi connectivity index (χ2v) is 4.29. The highest BCUT2D eigenvalue weighted by atomic mass is 32.1. The van der Waals surface area contributed by atoms with E-state index in [1.807, 2.05) is 23.6 Å². The van der Waals surface area contributed by atoms with Crippen LogP contribution in [0.25, 0.3) is 0 Å². The SMILES string of the molecule is COc1ccc(CNCc2csnn2)c(OC)c1. The maximum atomic E-state index is 5.33. The van der Waals surface area contributed by atoms with Crippen LogP contribution >= 0.6 is 11.5 Å². The quantitative estimate of drug-likeness (QED) is 0.863. The molecular formula is C12H15N3O2S. The maximum absolute atomic E-state index is 5.33. The van der Waals surface area contributed by atoms with E-state index in [1.54, 1.807) is 14.2 Å². The Bertz CT molecular complexity index is 488. The van der Waals surface area contributed by atoms with Crippen LogP contribution in [0.3, 0.4) is 0 Å². The number of nitrogens with one attached hydrogen (secondary N) is 1. The van der Waals surface area contributed by atoms with Crippen LogP contribution in [0, 0.1) is 0 Å². The molecule has 0 unspecified atom stereocenters. The molecule has 0 saturated heterocycles. The first kappa shape index (κ1) is 12.8. The fourth-order valence-electron chi connectivity index (χ4n) is 1.58. The third kappa shape index (κ3) is 3.18. The zero-order chi connectivity index (χ0) is 12.8. The first-order valence-corrected chi connectivity index (χ1v) is 6.34. The van der Waals surface area contributed by atoms with Crippen LogP contribution in [0.15, 0.2) is 23.6 Å². The van der Waals surface area contributed by atoms with Gasteiger partial charge in [0.25, 0.3) is 0 Å². The van der Waals surface area contributed by atoms with Gasteiger partial charge in [0.05, 0.1) is 19.9 Å². The van der Waals surface area contributed by atoms with Crippen LogP contribution < -0.4 is 14.8 Å². The van der Waals surface area contributed by atoms with Crippen molar-refractivity contribution < 1.29 is 9.47 Å². The van der Waals surface area contributed by atoms with E-state index in [2.05, 4.69) is 14.9 Å². The number of methoxy groups -OCH3 is 2. The van der Waals surface area contributed by atoms with Gasteiger partial charge in [0.15, 0.2) is 0 Å². The van der Waals surface area contributed by atoms with Crippen molar-refractivity contribution in [3.8, 4) is 11.5 Å². The number of rotatable bonds is 6. The summed E-state index contributed by atoms with van der Waals surface area (Å²) in [6.07, 6.45) is 0. The predicted octanol–water partition coefficient (Wildman–Crippen LogP) is 1.85. The summed E-state index contributed by atoms with van der Waals surface area (Å²) >= 11 is 1.36. The summed E-state index contributed by atoms with van der Waals surface area (Å²) in [4.78, 5) is 0. The molecule has 1 N–H and O–H groups in total. The van der Waals surface area contributed by atoms with Crippen LogP contribution in [0.4, 0.5) is 0 Å². The third-order valence-corrected chi connectivity index (χ3v) is 3.07. The molecular weight excluding hydrogens is 250 g/mol. The van der Waals surface area contributed by atoms with Crippen LogP contribution in [0.5, 0.6) is 11.5 Å². The minimum atomic E-state index is 0.700. The lowest BCUT2D eigenvalue weighted by molar-refractivity contribution is 0.389. The summed E-state index contributed by atoms with van der Waals surface area (Å²) in [7, 11) is 3.30. The zero-order valence-electron chi connectivity index (χ0n) is 10.3. The van der Waals surface area contributed by atoms with E-state index in [0.717, 1.165) is 22.8 Å². The molecule has 0 radical (unpaired) electrons. The van der Waals surface area contributed by atoms with Crippen molar-refractivity contribution in [3.05, 3.63) is 34.8 Å². The van der Waals surface area contributed by atoms with Gasteiger partial charge in [-0.2, -0.15) is 0 Å². The van der Waals surface area contributed by atoms with E-state index < -0.39 is 0 Å². The summed E-state index contributed by atoms with van der Waals surface area (Å²) in [5, 5.41) is 9.20. The van der Waals surface area contributed by atoms with Gasteiger partial charge in [-0.25, -0.2) is 0 Å². The highest BCUT2D eigenvalue weighted by molar-refractivity contribution is 7.03. The standard InChI is InChI=1S/C12H15N3O2S/c1-16-11-4-3-9(12(5-11)17-2)6-13-7-10-8-18-15-14-10/h3-5,8,13H,6-7H2,1-2H3. The number of benzene rings is 1. The maximum Gasteiger partial charge on any atom is 0.127 e. The lowest BCUT2D eigenvalue weighted by Gasteiger charge is -2.10. The first-order valence-electron chi connectivity index (χ1n) is 5.51. The largest absolute Gasteiger partial charge is 0.497 e. The van der Waals surface area contributed by atoms with Crippen LogP contribution in [-0.4, -0.2) is 23.8 Å². The molecule has 0 saturated carbocycles. The van der Waals surface area contributed by atoms with Gasteiger partial charge < -0.3 is 14.8 Å². The van der Waals surface area contributed by atoms with Gasteiger partial charge >= 0.3 is 0 Å². The van der Waals surface area contributed by atoms with E-state index in [4.69, 9.17) is 9.47 Å². The Kier molecular flexibility index (Phi) is 4.49. The first-order chi connectivity index (χ1) is 8.83. The van der Waals surface area contributed by atoms with Gasteiger partial charge in [-0.15, -0.1) is 5.10 Å². The van der Waals surface area contributed by atoms with Gasteiger partial charge in [0, 0.05) is 30.1 Å². The van der Waals surface area contributed by atoms with Crippen LogP contribution in [0.2, 0.25) is 0 Å². The van der Waals surface area contributed by atoms with Crippen molar-refractivity contribution in [3.63, 3.8) is 0 Å². The molecule has 0 fully saturated rings. The van der Waals surface area contributed by atoms with Gasteiger partial charge in [-0.1, -0.05) is 10.6 Å². The average molecular weight is 265 g/mol. The summed E-state index contributed by atoms with van der Waals surface area (Å²) in [5.74, 6) is 1.61. The second-order valence-electron chi connectivity index (χ2n) is 3.68. The second kappa shape index (κ2) is 6.32. The molecule has 1 aromatic heterocycles. The minimum Gasteiger partial charge on any atom is -0.497 e. The number of nitrogens with zero attached hydrogens (tertiary/aromatic N) is 2. The Morgan fingerprint density at radius 3 is 2.78 bits per heavy atom. The van der Waals surface area contributed by atoms with Gasteiger partial charge in [-0.3, -0.25) is 0 Å². The molecule has 0 bridgehead atoms. The van der Waals surface area contributed by atoms with Crippen molar-refractivity contribution in [2.45, 2.75) is 13.1 Å². The van der Waals surface area contributed by atoms with E-state index in [-0.39, 0.29) is 0 Å². The lowest BCUT2D eigenvalue weighted by atomic mass is 10.2. The predicted molar refractivity (Wildman–Crippen MR) is 70.0 cm³/mol. The molecule has 0 amide bonds. The molecule has 0 aliphatic heterocycles. The number of aromatic nitrogens is 2. The Morgan fingerprint density at radius 2 is 2.11 bits per heavy atom. The number of hydrogen-bond acceptors (Lipinski definition) is 6. The summed E-state index contributed by atoms with van der Waals surface area (Å²) in [6, 6.07) is 5.79. The molecule has 6 heteroatoms. The zero-order valence-corrected chi connectivity index (χ0v) is 11.2. The Balaban J connectivity index is 1.96. The van der Waals surface area contributed by atoms with Gasteiger partial charge in [-0.05, 0) is 17.6 Å². The average Bonchev–Trinajstić information content (AvgIpc) is 2.92. The van der Waals surface area contributed by atoms with E-state index in [0.29, 0.717) is 13.1 Å². The molecule has 5 nitrogen and oxygen atoms in total. The normalized spacial score (nSPS) is 10.3. The molecule has 2 rings (SSSR count). The van der Waals surface area contributed by atoms with Crippen molar-refractivity contribution >= 4 is 11.5 Å². The molecule has 1 aromatic carbocycles. The Hall–Kier alpha value is -1.66. The molecule has 1 heterocycles. The fraction of sp³-hybridized carbons (Fsp3) is 0.333. The van der Waals surface area contributed by atoms with Crippen molar-refractivity contribution in [2.75, 3.05) is 14.2 Å². The van der Waals surface area contributed by atoms with Crippen LogP contribution in [0.1, 0.15) is 11.3 Å². The molecule has 0 aliphatic rings. The summed E-state index contributed by atoms with van der Waals surface area (Å²) in [6.45, 7) is 1.41. The molecule has 18 heavy (non-hydrogen) atoms. The van der Waals surface area contributed by atoms with E-state index in [1.165, 1.54) is 11.5 Å².